The highest BCUT2D eigenvalue weighted by Crippen LogP contribution is 2.29. The van der Waals surface area contributed by atoms with Crippen LogP contribution in [0.5, 0.6) is 17.2 Å². The van der Waals surface area contributed by atoms with E-state index < -0.39 is 6.36 Å². The number of nitrogens with one attached hydrogen (secondary N) is 1. The van der Waals surface area contributed by atoms with Gasteiger partial charge in [-0.15, -0.1) is 13.2 Å². The van der Waals surface area contributed by atoms with E-state index in [2.05, 4.69) is 15.0 Å². The van der Waals surface area contributed by atoms with Crippen LogP contribution >= 0.6 is 0 Å². The van der Waals surface area contributed by atoms with E-state index in [0.29, 0.717) is 22.7 Å². The van der Waals surface area contributed by atoms with Crippen LogP contribution in [0, 0.1) is 6.92 Å². The molecular weight excluding hydrogens is 397 g/mol. The molecule has 3 aromatic rings. The van der Waals surface area contributed by atoms with Crippen molar-refractivity contribution in [2.45, 2.75) is 26.6 Å². The summed E-state index contributed by atoms with van der Waals surface area (Å²) in [6, 6.07) is 15.2. The van der Waals surface area contributed by atoms with Gasteiger partial charge in [0.05, 0.1) is 11.3 Å². The third kappa shape index (κ3) is 5.73. The van der Waals surface area contributed by atoms with Crippen molar-refractivity contribution in [2.75, 3.05) is 5.32 Å². The molecule has 0 saturated carbocycles. The van der Waals surface area contributed by atoms with Gasteiger partial charge >= 0.3 is 6.36 Å². The lowest BCUT2D eigenvalue weighted by atomic mass is 10.1. The highest BCUT2D eigenvalue weighted by Gasteiger charge is 2.31. The standard InChI is InChI=1S/C22H19F3N2O3/c1-3-15-9-12-20(14(2)26-15)21(28)27-16-7-10-17(11-8-16)29-18-5-4-6-19(13-18)30-22(23,24)25/h4-13H,3H2,1-2H3,(H,27,28). The van der Waals surface area contributed by atoms with Gasteiger partial charge in [0.2, 0.25) is 0 Å². The Bertz CT molecular complexity index is 1030. The van der Waals surface area contributed by atoms with Gasteiger partial charge < -0.3 is 14.8 Å². The molecule has 0 aliphatic carbocycles. The molecule has 5 nitrogen and oxygen atoms in total. The van der Waals surface area contributed by atoms with Crippen molar-refractivity contribution >= 4 is 11.6 Å². The summed E-state index contributed by atoms with van der Waals surface area (Å²) in [5, 5.41) is 2.78. The van der Waals surface area contributed by atoms with E-state index in [1.165, 1.54) is 18.2 Å². The van der Waals surface area contributed by atoms with E-state index in [-0.39, 0.29) is 17.4 Å². The van der Waals surface area contributed by atoms with E-state index in [4.69, 9.17) is 4.74 Å². The summed E-state index contributed by atoms with van der Waals surface area (Å²) in [5.74, 6) is -0.0798. The Balaban J connectivity index is 1.65. The minimum absolute atomic E-state index is 0.186. The van der Waals surface area contributed by atoms with E-state index >= 15 is 0 Å². The van der Waals surface area contributed by atoms with Gasteiger partial charge in [-0.3, -0.25) is 9.78 Å². The van der Waals surface area contributed by atoms with Crippen molar-refractivity contribution in [3.8, 4) is 17.2 Å². The number of aromatic nitrogens is 1. The first-order valence-electron chi connectivity index (χ1n) is 9.15. The highest BCUT2D eigenvalue weighted by atomic mass is 19.4. The minimum Gasteiger partial charge on any atom is -0.457 e. The first kappa shape index (κ1) is 21.2. The maximum atomic E-state index is 12.5. The number of anilines is 1. The summed E-state index contributed by atoms with van der Waals surface area (Å²) in [6.07, 6.45) is -3.99. The van der Waals surface area contributed by atoms with Gasteiger partial charge in [-0.2, -0.15) is 0 Å². The molecule has 1 N–H and O–H groups in total. The number of alkyl halides is 3. The number of aryl methyl sites for hydroxylation is 2. The molecule has 8 heteroatoms. The van der Waals surface area contributed by atoms with Crippen LogP contribution in [0.15, 0.2) is 60.7 Å². The number of benzene rings is 2. The summed E-state index contributed by atoms with van der Waals surface area (Å²) in [4.78, 5) is 16.9. The van der Waals surface area contributed by atoms with E-state index in [1.54, 1.807) is 37.3 Å². The Kier molecular flexibility index (Phi) is 6.25. The van der Waals surface area contributed by atoms with Crippen LogP contribution in [0.3, 0.4) is 0 Å². The first-order valence-corrected chi connectivity index (χ1v) is 9.15. The Morgan fingerprint density at radius 2 is 1.70 bits per heavy atom. The molecular formula is C22H19F3N2O3. The smallest absolute Gasteiger partial charge is 0.457 e. The van der Waals surface area contributed by atoms with E-state index in [1.807, 2.05) is 13.0 Å². The number of carbonyl (C=O) groups excluding carboxylic acids is 1. The Morgan fingerprint density at radius 3 is 2.33 bits per heavy atom. The quantitative estimate of drug-likeness (QED) is 0.544. The minimum atomic E-state index is -4.77. The van der Waals surface area contributed by atoms with Crippen LogP contribution in [-0.4, -0.2) is 17.3 Å². The molecule has 0 spiro atoms. The van der Waals surface area contributed by atoms with Crippen molar-refractivity contribution in [3.05, 3.63) is 77.6 Å². The van der Waals surface area contributed by atoms with Crippen molar-refractivity contribution in [1.29, 1.82) is 0 Å². The van der Waals surface area contributed by atoms with Crippen molar-refractivity contribution < 1.29 is 27.4 Å². The number of pyridine rings is 1. The molecule has 0 fully saturated rings. The summed E-state index contributed by atoms with van der Waals surface area (Å²) < 4.78 is 46.4. The number of nitrogens with zero attached hydrogens (tertiary/aromatic N) is 1. The van der Waals surface area contributed by atoms with E-state index in [0.717, 1.165) is 18.2 Å². The zero-order valence-corrected chi connectivity index (χ0v) is 16.3. The third-order valence-corrected chi connectivity index (χ3v) is 4.14. The number of rotatable bonds is 6. The van der Waals surface area contributed by atoms with Crippen molar-refractivity contribution in [2.24, 2.45) is 0 Å². The fourth-order valence-corrected chi connectivity index (χ4v) is 2.73. The number of carbonyl (C=O) groups is 1. The summed E-state index contributed by atoms with van der Waals surface area (Å²) in [6.45, 7) is 3.77. The molecule has 1 heterocycles. The van der Waals surface area contributed by atoms with Crippen LogP contribution in [-0.2, 0) is 6.42 Å². The molecule has 2 aromatic carbocycles. The molecule has 0 radical (unpaired) electrons. The molecule has 0 atom stereocenters. The molecule has 0 saturated heterocycles. The largest absolute Gasteiger partial charge is 0.573 e. The van der Waals surface area contributed by atoms with Crippen LogP contribution < -0.4 is 14.8 Å². The van der Waals surface area contributed by atoms with Gasteiger partial charge in [-0.05, 0) is 61.9 Å². The Morgan fingerprint density at radius 1 is 1.00 bits per heavy atom. The highest BCUT2D eigenvalue weighted by molar-refractivity contribution is 6.05. The molecule has 1 amide bonds. The monoisotopic (exact) mass is 416 g/mol. The number of hydrogen-bond acceptors (Lipinski definition) is 4. The zero-order chi connectivity index (χ0) is 21.7. The number of amides is 1. The molecule has 0 unspecified atom stereocenters. The SMILES string of the molecule is CCc1ccc(C(=O)Nc2ccc(Oc3cccc(OC(F)(F)F)c3)cc2)c(C)n1. The second-order valence-corrected chi connectivity index (χ2v) is 6.39. The Labute approximate surface area is 171 Å². The zero-order valence-electron chi connectivity index (χ0n) is 16.3. The van der Waals surface area contributed by atoms with Crippen LogP contribution in [0.25, 0.3) is 0 Å². The predicted molar refractivity (Wildman–Crippen MR) is 106 cm³/mol. The Hall–Kier alpha value is -3.55. The second kappa shape index (κ2) is 8.86. The lowest BCUT2D eigenvalue weighted by Crippen LogP contribution is -2.17. The summed E-state index contributed by atoms with van der Waals surface area (Å²) in [7, 11) is 0. The van der Waals surface area contributed by atoms with Crippen LogP contribution in [0.1, 0.15) is 28.7 Å². The van der Waals surface area contributed by atoms with Crippen LogP contribution in [0.2, 0.25) is 0 Å². The molecule has 0 bridgehead atoms. The summed E-state index contributed by atoms with van der Waals surface area (Å²) in [5.41, 5.74) is 2.58. The van der Waals surface area contributed by atoms with Crippen molar-refractivity contribution in [3.63, 3.8) is 0 Å². The molecule has 0 aliphatic heterocycles. The number of halogens is 3. The molecule has 1 aromatic heterocycles. The lowest BCUT2D eigenvalue weighted by Gasteiger charge is -2.11. The molecule has 30 heavy (non-hydrogen) atoms. The molecule has 3 rings (SSSR count). The first-order chi connectivity index (χ1) is 14.2. The maximum Gasteiger partial charge on any atom is 0.573 e. The van der Waals surface area contributed by atoms with E-state index in [9.17, 15) is 18.0 Å². The van der Waals surface area contributed by atoms with Gasteiger partial charge in [-0.25, -0.2) is 0 Å². The average Bonchev–Trinajstić information content (AvgIpc) is 2.68. The number of ether oxygens (including phenoxy) is 2. The van der Waals surface area contributed by atoms with Gasteiger partial charge in [0.1, 0.15) is 17.2 Å². The normalized spacial score (nSPS) is 11.1. The van der Waals surface area contributed by atoms with Gasteiger partial charge in [0.25, 0.3) is 5.91 Å². The average molecular weight is 416 g/mol. The molecule has 0 aliphatic rings. The van der Waals surface area contributed by atoms with Crippen molar-refractivity contribution in [1.82, 2.24) is 4.98 Å². The van der Waals surface area contributed by atoms with Crippen LogP contribution in [0.4, 0.5) is 18.9 Å². The maximum absolute atomic E-state index is 12.5. The predicted octanol–water partition coefficient (Wildman–Crippen LogP) is 5.90. The third-order valence-electron chi connectivity index (χ3n) is 4.14. The number of hydrogen-bond donors (Lipinski definition) is 1. The fourth-order valence-electron chi connectivity index (χ4n) is 2.73. The molecule has 156 valence electrons. The van der Waals surface area contributed by atoms with Gasteiger partial charge in [0.15, 0.2) is 0 Å². The summed E-state index contributed by atoms with van der Waals surface area (Å²) >= 11 is 0. The topological polar surface area (TPSA) is 60.5 Å². The lowest BCUT2D eigenvalue weighted by molar-refractivity contribution is -0.274. The van der Waals surface area contributed by atoms with Gasteiger partial charge in [-0.1, -0.05) is 13.0 Å². The van der Waals surface area contributed by atoms with Gasteiger partial charge in [0, 0.05) is 17.4 Å². The second-order valence-electron chi connectivity index (χ2n) is 6.39. The fraction of sp³-hybridized carbons (Fsp3) is 0.182.